The molecular formula is C13H20O4. The highest BCUT2D eigenvalue weighted by atomic mass is 16.5. The molecule has 0 radical (unpaired) electrons. The largest absolute Gasteiger partial charge is 0.504 e. The quantitative estimate of drug-likeness (QED) is 0.704. The number of ether oxygens (including phenoxy) is 1. The van der Waals surface area contributed by atoms with Gasteiger partial charge in [0.1, 0.15) is 0 Å². The molecule has 0 aliphatic carbocycles. The van der Waals surface area contributed by atoms with Gasteiger partial charge in [0.2, 0.25) is 0 Å². The van der Waals surface area contributed by atoms with Crippen molar-refractivity contribution in [3.05, 3.63) is 23.8 Å². The highest BCUT2D eigenvalue weighted by molar-refractivity contribution is 5.45. The fourth-order valence-corrected chi connectivity index (χ4v) is 1.59. The fourth-order valence-electron chi connectivity index (χ4n) is 1.59. The third-order valence-electron chi connectivity index (χ3n) is 2.65. The van der Waals surface area contributed by atoms with Crippen LogP contribution < -0.4 is 4.74 Å². The molecule has 0 saturated carbocycles. The van der Waals surface area contributed by atoms with Crippen molar-refractivity contribution < 1.29 is 20.1 Å². The zero-order valence-electron chi connectivity index (χ0n) is 10.3. The number of hydrogen-bond donors (Lipinski definition) is 3. The predicted molar refractivity (Wildman–Crippen MR) is 65.3 cm³/mol. The molecule has 96 valence electrons. The number of hydrogen-bond acceptors (Lipinski definition) is 4. The van der Waals surface area contributed by atoms with Crippen LogP contribution in [-0.2, 0) is 6.42 Å². The highest BCUT2D eigenvalue weighted by Gasteiger charge is 2.13. The standard InChI is InChI=1S/C13H20O4/c1-3-17-12-6-4-5-10(13(12)16)7-8-11(15)9(2)14/h4-6,9,11,14-16H,3,7-8H2,1-2H3. The second-order valence-electron chi connectivity index (χ2n) is 4.04. The molecule has 0 spiro atoms. The van der Waals surface area contributed by atoms with Gasteiger partial charge in [0.05, 0.1) is 18.8 Å². The summed E-state index contributed by atoms with van der Waals surface area (Å²) in [6.07, 6.45) is -0.628. The van der Waals surface area contributed by atoms with Crippen LogP contribution in [0, 0.1) is 0 Å². The number of para-hydroxylation sites is 1. The van der Waals surface area contributed by atoms with Gasteiger partial charge >= 0.3 is 0 Å². The molecule has 0 heterocycles. The van der Waals surface area contributed by atoms with Crippen LogP contribution in [0.4, 0.5) is 0 Å². The first-order valence-electron chi connectivity index (χ1n) is 5.86. The lowest BCUT2D eigenvalue weighted by atomic mass is 10.0. The van der Waals surface area contributed by atoms with E-state index in [0.717, 1.165) is 5.56 Å². The molecule has 0 amide bonds. The highest BCUT2D eigenvalue weighted by Crippen LogP contribution is 2.30. The normalized spacial score (nSPS) is 14.4. The Balaban J connectivity index is 2.68. The smallest absolute Gasteiger partial charge is 0.161 e. The molecule has 4 nitrogen and oxygen atoms in total. The third kappa shape index (κ3) is 3.91. The third-order valence-corrected chi connectivity index (χ3v) is 2.65. The molecule has 1 aromatic carbocycles. The maximum atomic E-state index is 9.90. The number of rotatable bonds is 6. The van der Waals surface area contributed by atoms with Crippen molar-refractivity contribution in [2.24, 2.45) is 0 Å². The van der Waals surface area contributed by atoms with E-state index in [4.69, 9.17) is 9.84 Å². The average molecular weight is 240 g/mol. The van der Waals surface area contributed by atoms with Gasteiger partial charge in [-0.25, -0.2) is 0 Å². The lowest BCUT2D eigenvalue weighted by molar-refractivity contribution is 0.0264. The Morgan fingerprint density at radius 3 is 2.59 bits per heavy atom. The van der Waals surface area contributed by atoms with E-state index in [0.29, 0.717) is 25.2 Å². The summed E-state index contributed by atoms with van der Waals surface area (Å²) in [5.41, 5.74) is 0.718. The van der Waals surface area contributed by atoms with Crippen LogP contribution in [0.3, 0.4) is 0 Å². The molecule has 0 bridgehead atoms. The van der Waals surface area contributed by atoms with Gasteiger partial charge in [-0.3, -0.25) is 0 Å². The van der Waals surface area contributed by atoms with Crippen molar-refractivity contribution >= 4 is 0 Å². The first-order valence-corrected chi connectivity index (χ1v) is 5.86. The van der Waals surface area contributed by atoms with E-state index >= 15 is 0 Å². The van der Waals surface area contributed by atoms with E-state index < -0.39 is 12.2 Å². The molecule has 0 saturated heterocycles. The number of aliphatic hydroxyl groups is 2. The van der Waals surface area contributed by atoms with E-state index in [-0.39, 0.29) is 5.75 Å². The summed E-state index contributed by atoms with van der Waals surface area (Å²) in [7, 11) is 0. The van der Waals surface area contributed by atoms with Crippen molar-refractivity contribution in [1.29, 1.82) is 0 Å². The maximum absolute atomic E-state index is 9.90. The number of aryl methyl sites for hydroxylation is 1. The molecular weight excluding hydrogens is 220 g/mol. The predicted octanol–water partition coefficient (Wildman–Crippen LogP) is 1.47. The van der Waals surface area contributed by atoms with Gasteiger partial charge in [0, 0.05) is 0 Å². The summed E-state index contributed by atoms with van der Waals surface area (Å²) in [6.45, 7) is 3.89. The fraction of sp³-hybridized carbons (Fsp3) is 0.538. The van der Waals surface area contributed by atoms with E-state index in [1.807, 2.05) is 6.92 Å². The summed E-state index contributed by atoms with van der Waals surface area (Å²) in [5, 5.41) is 28.6. The molecule has 0 aromatic heterocycles. The number of benzene rings is 1. The molecule has 0 fully saturated rings. The van der Waals surface area contributed by atoms with Gasteiger partial charge in [-0.1, -0.05) is 12.1 Å². The zero-order chi connectivity index (χ0) is 12.8. The van der Waals surface area contributed by atoms with E-state index in [9.17, 15) is 10.2 Å². The van der Waals surface area contributed by atoms with Gasteiger partial charge in [0.25, 0.3) is 0 Å². The molecule has 0 aliphatic rings. The van der Waals surface area contributed by atoms with Gasteiger partial charge in [-0.05, 0) is 38.3 Å². The molecule has 1 rings (SSSR count). The Hall–Kier alpha value is -1.26. The minimum absolute atomic E-state index is 0.118. The Morgan fingerprint density at radius 2 is 2.00 bits per heavy atom. The van der Waals surface area contributed by atoms with Crippen molar-refractivity contribution in [2.75, 3.05) is 6.61 Å². The van der Waals surface area contributed by atoms with Crippen LogP contribution in [-0.4, -0.2) is 34.1 Å². The van der Waals surface area contributed by atoms with Crippen LogP contribution in [0.25, 0.3) is 0 Å². The van der Waals surface area contributed by atoms with Crippen molar-refractivity contribution in [3.8, 4) is 11.5 Å². The topological polar surface area (TPSA) is 69.9 Å². The molecule has 3 N–H and O–H groups in total. The monoisotopic (exact) mass is 240 g/mol. The van der Waals surface area contributed by atoms with Crippen LogP contribution >= 0.6 is 0 Å². The summed E-state index contributed by atoms with van der Waals surface area (Å²) in [5.74, 6) is 0.573. The summed E-state index contributed by atoms with van der Waals surface area (Å²) < 4.78 is 5.27. The van der Waals surface area contributed by atoms with Gasteiger partial charge in [-0.2, -0.15) is 0 Å². The molecule has 17 heavy (non-hydrogen) atoms. The van der Waals surface area contributed by atoms with Gasteiger partial charge < -0.3 is 20.1 Å². The molecule has 1 aromatic rings. The Morgan fingerprint density at radius 1 is 1.29 bits per heavy atom. The van der Waals surface area contributed by atoms with Crippen molar-refractivity contribution in [3.63, 3.8) is 0 Å². The van der Waals surface area contributed by atoms with E-state index in [2.05, 4.69) is 0 Å². The Labute approximate surface area is 101 Å². The van der Waals surface area contributed by atoms with Crippen LogP contribution in [0.5, 0.6) is 11.5 Å². The molecule has 2 atom stereocenters. The van der Waals surface area contributed by atoms with Crippen LogP contribution in [0.2, 0.25) is 0 Å². The lowest BCUT2D eigenvalue weighted by Gasteiger charge is -2.14. The minimum atomic E-state index is -0.773. The molecule has 0 aliphatic heterocycles. The first kappa shape index (κ1) is 13.8. The first-order chi connectivity index (χ1) is 8.06. The zero-order valence-corrected chi connectivity index (χ0v) is 10.3. The minimum Gasteiger partial charge on any atom is -0.504 e. The Bertz CT molecular complexity index is 349. The van der Waals surface area contributed by atoms with Gasteiger partial charge in [0.15, 0.2) is 11.5 Å². The SMILES string of the molecule is CCOc1cccc(CCC(O)C(C)O)c1O. The van der Waals surface area contributed by atoms with Crippen LogP contribution in [0.1, 0.15) is 25.8 Å². The second-order valence-corrected chi connectivity index (χ2v) is 4.04. The van der Waals surface area contributed by atoms with Crippen molar-refractivity contribution in [1.82, 2.24) is 0 Å². The number of phenolic OH excluding ortho intramolecular Hbond substituents is 1. The number of aliphatic hydroxyl groups excluding tert-OH is 2. The summed E-state index contributed by atoms with van der Waals surface area (Å²) in [6, 6.07) is 5.29. The van der Waals surface area contributed by atoms with Gasteiger partial charge in [-0.15, -0.1) is 0 Å². The number of phenols is 1. The second kappa shape index (κ2) is 6.47. The van der Waals surface area contributed by atoms with E-state index in [1.165, 1.54) is 0 Å². The van der Waals surface area contributed by atoms with Crippen LogP contribution in [0.15, 0.2) is 18.2 Å². The lowest BCUT2D eigenvalue weighted by Crippen LogP contribution is -2.22. The maximum Gasteiger partial charge on any atom is 0.161 e. The van der Waals surface area contributed by atoms with Crippen molar-refractivity contribution in [2.45, 2.75) is 38.9 Å². The van der Waals surface area contributed by atoms with E-state index in [1.54, 1.807) is 25.1 Å². The molecule has 4 heteroatoms. The average Bonchev–Trinajstić information content (AvgIpc) is 2.30. The summed E-state index contributed by atoms with van der Waals surface area (Å²) in [4.78, 5) is 0. The number of aromatic hydroxyl groups is 1. The molecule has 2 unspecified atom stereocenters. The Kier molecular flexibility index (Phi) is 5.25. The summed E-state index contributed by atoms with van der Waals surface area (Å²) >= 11 is 0.